The van der Waals surface area contributed by atoms with E-state index in [-0.39, 0.29) is 0 Å². The van der Waals surface area contributed by atoms with Crippen LogP contribution in [-0.2, 0) is 4.74 Å². The third-order valence-corrected chi connectivity index (χ3v) is 3.43. The lowest BCUT2D eigenvalue weighted by molar-refractivity contribution is 0.0261. The van der Waals surface area contributed by atoms with Gasteiger partial charge >= 0.3 is 0 Å². The Morgan fingerprint density at radius 1 is 1.29 bits per heavy atom. The summed E-state index contributed by atoms with van der Waals surface area (Å²) >= 11 is 0. The fourth-order valence-electron chi connectivity index (χ4n) is 2.71. The summed E-state index contributed by atoms with van der Waals surface area (Å²) in [5.74, 6) is 0.829. The van der Waals surface area contributed by atoms with Crippen LogP contribution in [0.3, 0.4) is 0 Å². The quantitative estimate of drug-likeness (QED) is 0.735. The van der Waals surface area contributed by atoms with E-state index in [4.69, 9.17) is 4.74 Å². The first kappa shape index (κ1) is 12.0. The molecule has 1 aliphatic rings. The number of ether oxygens (including phenoxy) is 1. The minimum atomic E-state index is 0.355. The zero-order valence-electron chi connectivity index (χ0n) is 9.88. The number of rotatable bonds is 5. The monoisotopic (exact) mass is 199 g/mol. The molecule has 0 heterocycles. The highest BCUT2D eigenvalue weighted by molar-refractivity contribution is 4.82. The lowest BCUT2D eigenvalue weighted by Gasteiger charge is -2.33. The minimum absolute atomic E-state index is 0.355. The maximum Gasteiger partial charge on any atom is 0.0702 e. The van der Waals surface area contributed by atoms with Crippen LogP contribution in [0.1, 0.15) is 46.0 Å². The Morgan fingerprint density at radius 2 is 1.93 bits per heavy atom. The smallest absolute Gasteiger partial charge is 0.0702 e. The predicted molar refractivity (Wildman–Crippen MR) is 60.5 cm³/mol. The highest BCUT2D eigenvalue weighted by Crippen LogP contribution is 2.28. The van der Waals surface area contributed by atoms with Crippen LogP contribution in [0.25, 0.3) is 0 Å². The van der Waals surface area contributed by atoms with Gasteiger partial charge in [0.25, 0.3) is 0 Å². The van der Waals surface area contributed by atoms with Crippen molar-refractivity contribution in [2.45, 2.75) is 58.1 Å². The molecule has 0 spiro atoms. The van der Waals surface area contributed by atoms with Crippen molar-refractivity contribution in [3.8, 4) is 0 Å². The summed E-state index contributed by atoms with van der Waals surface area (Å²) < 4.78 is 5.69. The third-order valence-electron chi connectivity index (χ3n) is 3.43. The van der Waals surface area contributed by atoms with Gasteiger partial charge < -0.3 is 10.1 Å². The van der Waals surface area contributed by atoms with Crippen LogP contribution in [0.5, 0.6) is 0 Å². The van der Waals surface area contributed by atoms with Gasteiger partial charge in [0, 0.05) is 12.6 Å². The standard InChI is InChI=1S/C12H25NO/c1-4-14-10(2)12(13-3)11-8-6-5-7-9-11/h10-13H,4-9H2,1-3H3. The summed E-state index contributed by atoms with van der Waals surface area (Å²) in [5, 5.41) is 3.43. The number of hydrogen-bond donors (Lipinski definition) is 1. The molecule has 0 saturated heterocycles. The van der Waals surface area contributed by atoms with Crippen LogP contribution in [0, 0.1) is 5.92 Å². The van der Waals surface area contributed by atoms with E-state index in [2.05, 4.69) is 26.2 Å². The van der Waals surface area contributed by atoms with Gasteiger partial charge in [-0.15, -0.1) is 0 Å². The lowest BCUT2D eigenvalue weighted by Crippen LogP contribution is -2.44. The van der Waals surface area contributed by atoms with Crippen molar-refractivity contribution in [3.63, 3.8) is 0 Å². The molecule has 1 saturated carbocycles. The molecule has 0 bridgehead atoms. The molecule has 0 aromatic heterocycles. The first-order valence-electron chi connectivity index (χ1n) is 6.08. The Morgan fingerprint density at radius 3 is 2.43 bits per heavy atom. The van der Waals surface area contributed by atoms with Crippen molar-refractivity contribution in [2.24, 2.45) is 5.92 Å². The zero-order valence-corrected chi connectivity index (χ0v) is 9.88. The normalized spacial score (nSPS) is 23.4. The van der Waals surface area contributed by atoms with E-state index in [1.165, 1.54) is 32.1 Å². The van der Waals surface area contributed by atoms with E-state index in [1.807, 2.05) is 0 Å². The number of likely N-dealkylation sites (N-methyl/N-ethyl adjacent to an activating group) is 1. The summed E-state index contributed by atoms with van der Waals surface area (Å²) in [4.78, 5) is 0. The van der Waals surface area contributed by atoms with E-state index in [0.29, 0.717) is 12.1 Å². The number of hydrogen-bond acceptors (Lipinski definition) is 2. The van der Waals surface area contributed by atoms with Crippen molar-refractivity contribution >= 4 is 0 Å². The molecule has 2 heteroatoms. The molecule has 0 aromatic carbocycles. The highest BCUT2D eigenvalue weighted by Gasteiger charge is 2.26. The molecule has 84 valence electrons. The third kappa shape index (κ3) is 3.25. The van der Waals surface area contributed by atoms with Gasteiger partial charge in [0.1, 0.15) is 0 Å². The first-order valence-corrected chi connectivity index (χ1v) is 6.08. The van der Waals surface area contributed by atoms with Crippen LogP contribution >= 0.6 is 0 Å². The fourth-order valence-corrected chi connectivity index (χ4v) is 2.71. The second-order valence-electron chi connectivity index (χ2n) is 4.37. The van der Waals surface area contributed by atoms with Crippen LogP contribution in [0.4, 0.5) is 0 Å². The van der Waals surface area contributed by atoms with Gasteiger partial charge in [-0.2, -0.15) is 0 Å². The van der Waals surface area contributed by atoms with Gasteiger partial charge in [0.2, 0.25) is 0 Å². The second-order valence-corrected chi connectivity index (χ2v) is 4.37. The van der Waals surface area contributed by atoms with E-state index >= 15 is 0 Å². The van der Waals surface area contributed by atoms with Crippen molar-refractivity contribution in [2.75, 3.05) is 13.7 Å². The molecule has 1 aliphatic carbocycles. The zero-order chi connectivity index (χ0) is 10.4. The van der Waals surface area contributed by atoms with Gasteiger partial charge in [-0.1, -0.05) is 19.3 Å². The molecule has 1 rings (SSSR count). The summed E-state index contributed by atoms with van der Waals surface area (Å²) in [5.41, 5.74) is 0. The second kappa shape index (κ2) is 6.41. The Balaban J connectivity index is 2.41. The van der Waals surface area contributed by atoms with Crippen LogP contribution in [0.2, 0.25) is 0 Å². The van der Waals surface area contributed by atoms with E-state index in [1.54, 1.807) is 0 Å². The minimum Gasteiger partial charge on any atom is -0.377 e. The van der Waals surface area contributed by atoms with Gasteiger partial charge in [-0.05, 0) is 39.7 Å². The Kier molecular flexibility index (Phi) is 5.49. The topological polar surface area (TPSA) is 21.3 Å². The molecule has 0 aliphatic heterocycles. The van der Waals surface area contributed by atoms with Crippen LogP contribution in [0.15, 0.2) is 0 Å². The molecule has 0 aromatic rings. The Hall–Kier alpha value is -0.0800. The van der Waals surface area contributed by atoms with E-state index in [9.17, 15) is 0 Å². The molecule has 2 unspecified atom stereocenters. The van der Waals surface area contributed by atoms with Crippen molar-refractivity contribution in [1.82, 2.24) is 5.32 Å². The molecule has 1 fully saturated rings. The van der Waals surface area contributed by atoms with Gasteiger partial charge in [-0.25, -0.2) is 0 Å². The molecule has 0 amide bonds. The van der Waals surface area contributed by atoms with Crippen LogP contribution in [-0.4, -0.2) is 25.8 Å². The summed E-state index contributed by atoms with van der Waals surface area (Å²) in [6.45, 7) is 5.09. The van der Waals surface area contributed by atoms with E-state index in [0.717, 1.165) is 12.5 Å². The fraction of sp³-hybridized carbons (Fsp3) is 1.00. The van der Waals surface area contributed by atoms with Gasteiger partial charge in [0.05, 0.1) is 6.10 Å². The molecule has 2 nitrogen and oxygen atoms in total. The summed E-state index contributed by atoms with van der Waals surface area (Å²) in [6.07, 6.45) is 7.35. The van der Waals surface area contributed by atoms with Crippen LogP contribution < -0.4 is 5.32 Å². The van der Waals surface area contributed by atoms with Gasteiger partial charge in [0.15, 0.2) is 0 Å². The summed E-state index contributed by atoms with van der Waals surface area (Å²) in [7, 11) is 2.06. The predicted octanol–water partition coefficient (Wildman–Crippen LogP) is 2.58. The highest BCUT2D eigenvalue weighted by atomic mass is 16.5. The van der Waals surface area contributed by atoms with Crippen molar-refractivity contribution in [1.29, 1.82) is 0 Å². The Labute approximate surface area is 88.4 Å². The van der Waals surface area contributed by atoms with Crippen molar-refractivity contribution in [3.05, 3.63) is 0 Å². The molecule has 14 heavy (non-hydrogen) atoms. The molecular formula is C12H25NO. The van der Waals surface area contributed by atoms with Crippen molar-refractivity contribution < 1.29 is 4.74 Å². The van der Waals surface area contributed by atoms with E-state index < -0.39 is 0 Å². The molecule has 2 atom stereocenters. The molecular weight excluding hydrogens is 174 g/mol. The average Bonchev–Trinajstić information content (AvgIpc) is 2.21. The SMILES string of the molecule is CCOC(C)C(NC)C1CCCCC1. The molecule has 0 radical (unpaired) electrons. The lowest BCUT2D eigenvalue weighted by atomic mass is 9.82. The maximum absolute atomic E-state index is 5.69. The average molecular weight is 199 g/mol. The largest absolute Gasteiger partial charge is 0.377 e. The maximum atomic E-state index is 5.69. The molecule has 1 N–H and O–H groups in total. The number of nitrogens with one attached hydrogen (secondary N) is 1. The summed E-state index contributed by atoms with van der Waals surface area (Å²) in [6, 6.07) is 0.551. The van der Waals surface area contributed by atoms with Gasteiger partial charge in [-0.3, -0.25) is 0 Å². The Bertz CT molecular complexity index is 143. The first-order chi connectivity index (χ1) is 6.79.